The Morgan fingerprint density at radius 3 is 2.71 bits per heavy atom. The summed E-state index contributed by atoms with van der Waals surface area (Å²) in [4.78, 5) is 11.1. The molecule has 14 heavy (non-hydrogen) atoms. The van der Waals surface area contributed by atoms with Crippen molar-refractivity contribution in [1.29, 1.82) is 0 Å². The van der Waals surface area contributed by atoms with Crippen molar-refractivity contribution >= 4 is 5.97 Å². The summed E-state index contributed by atoms with van der Waals surface area (Å²) in [5.41, 5.74) is 0.564. The fraction of sp³-hybridized carbons (Fsp3) is 0.545. The zero-order chi connectivity index (χ0) is 11.0. The van der Waals surface area contributed by atoms with Gasteiger partial charge >= 0.3 is 5.97 Å². The highest BCUT2D eigenvalue weighted by Crippen LogP contribution is 1.98. The number of rotatable bonds is 5. The maximum absolute atomic E-state index is 11.1. The summed E-state index contributed by atoms with van der Waals surface area (Å²) >= 11 is 0. The second-order valence-corrected chi connectivity index (χ2v) is 3.08. The quantitative estimate of drug-likeness (QED) is 0.416. The summed E-state index contributed by atoms with van der Waals surface area (Å²) in [5.74, 6) is -0.297. The molecule has 0 aliphatic rings. The monoisotopic (exact) mass is 198 g/mol. The average molecular weight is 198 g/mol. The van der Waals surface area contributed by atoms with Gasteiger partial charge in [-0.05, 0) is 27.2 Å². The fourth-order valence-corrected chi connectivity index (χ4v) is 0.801. The number of hydrogen-bond donors (Lipinski definition) is 1. The lowest BCUT2D eigenvalue weighted by molar-refractivity contribution is -0.138. The minimum absolute atomic E-state index is 0.297. The van der Waals surface area contributed by atoms with Crippen LogP contribution in [0.15, 0.2) is 23.8 Å². The van der Waals surface area contributed by atoms with Crippen LogP contribution in [0.25, 0.3) is 0 Å². The maximum atomic E-state index is 11.1. The van der Waals surface area contributed by atoms with Crippen molar-refractivity contribution in [2.24, 2.45) is 0 Å². The first kappa shape index (κ1) is 12.9. The number of carbonyl (C=O) groups excluding carboxylic acids is 1. The lowest BCUT2D eigenvalue weighted by atomic mass is 10.2. The predicted molar refractivity (Wildman–Crippen MR) is 55.8 cm³/mol. The first-order chi connectivity index (χ1) is 6.57. The Hall–Kier alpha value is -1.09. The normalized spacial score (nSPS) is 14.4. The highest BCUT2D eigenvalue weighted by atomic mass is 16.5. The number of ether oxygens (including phenoxy) is 1. The maximum Gasteiger partial charge on any atom is 0.333 e. The van der Waals surface area contributed by atoms with Gasteiger partial charge in [0.15, 0.2) is 0 Å². The first-order valence-electron chi connectivity index (χ1n) is 4.76. The van der Waals surface area contributed by atoms with E-state index in [1.807, 2.05) is 6.08 Å². The lowest BCUT2D eigenvalue weighted by Crippen LogP contribution is -2.04. The van der Waals surface area contributed by atoms with Gasteiger partial charge in [-0.2, -0.15) is 0 Å². The van der Waals surface area contributed by atoms with Crippen LogP contribution in [0.2, 0.25) is 0 Å². The Kier molecular flexibility index (Phi) is 6.76. The zero-order valence-corrected chi connectivity index (χ0v) is 8.99. The molecule has 0 rings (SSSR count). The Morgan fingerprint density at radius 1 is 1.57 bits per heavy atom. The topological polar surface area (TPSA) is 46.5 Å². The second kappa shape index (κ2) is 7.33. The summed E-state index contributed by atoms with van der Waals surface area (Å²) in [6.07, 6.45) is 5.49. The van der Waals surface area contributed by atoms with E-state index in [1.54, 1.807) is 32.9 Å². The van der Waals surface area contributed by atoms with Gasteiger partial charge in [0.25, 0.3) is 0 Å². The van der Waals surface area contributed by atoms with E-state index in [4.69, 9.17) is 9.84 Å². The average Bonchev–Trinajstić information content (AvgIpc) is 2.12. The molecule has 0 aromatic rings. The van der Waals surface area contributed by atoms with Gasteiger partial charge in [0.2, 0.25) is 0 Å². The first-order valence-corrected chi connectivity index (χ1v) is 4.76. The number of aliphatic hydroxyl groups excluding tert-OH is 1. The van der Waals surface area contributed by atoms with Gasteiger partial charge in [-0.25, -0.2) is 4.79 Å². The molecular formula is C11H18O3. The third-order valence-electron chi connectivity index (χ3n) is 1.56. The summed E-state index contributed by atoms with van der Waals surface area (Å²) in [6, 6.07) is 0. The molecule has 1 N–H and O–H groups in total. The summed E-state index contributed by atoms with van der Waals surface area (Å²) in [7, 11) is 0. The van der Waals surface area contributed by atoms with Crippen LogP contribution in [-0.2, 0) is 9.53 Å². The molecule has 0 aromatic heterocycles. The van der Waals surface area contributed by atoms with Gasteiger partial charge in [0, 0.05) is 5.57 Å². The molecule has 1 atom stereocenters. The standard InChI is InChI=1S/C11H18O3/c1-4-14-11(13)9(2)7-5-6-8-10(3)12/h5-7,10,12H,4,8H2,1-3H3/t10-/m0/s1. The number of carbonyl (C=O) groups is 1. The molecule has 3 nitrogen and oxygen atoms in total. The Balaban J connectivity index is 3.98. The lowest BCUT2D eigenvalue weighted by Gasteiger charge is -1.99. The van der Waals surface area contributed by atoms with Crippen molar-refractivity contribution in [3.8, 4) is 0 Å². The van der Waals surface area contributed by atoms with Gasteiger partial charge in [0.1, 0.15) is 0 Å². The van der Waals surface area contributed by atoms with E-state index < -0.39 is 0 Å². The Labute approximate surface area is 85.1 Å². The minimum Gasteiger partial charge on any atom is -0.463 e. The van der Waals surface area contributed by atoms with Crippen molar-refractivity contribution < 1.29 is 14.6 Å². The largest absolute Gasteiger partial charge is 0.463 e. The third-order valence-corrected chi connectivity index (χ3v) is 1.56. The Morgan fingerprint density at radius 2 is 2.21 bits per heavy atom. The molecule has 0 heterocycles. The van der Waals surface area contributed by atoms with Crippen LogP contribution in [-0.4, -0.2) is 23.8 Å². The van der Waals surface area contributed by atoms with Crippen molar-refractivity contribution in [1.82, 2.24) is 0 Å². The molecule has 0 unspecified atom stereocenters. The van der Waals surface area contributed by atoms with E-state index in [9.17, 15) is 4.79 Å². The van der Waals surface area contributed by atoms with E-state index >= 15 is 0 Å². The Bertz CT molecular complexity index is 227. The van der Waals surface area contributed by atoms with Gasteiger partial charge in [-0.15, -0.1) is 0 Å². The molecule has 0 spiro atoms. The van der Waals surface area contributed by atoms with Crippen LogP contribution in [0.4, 0.5) is 0 Å². The smallest absolute Gasteiger partial charge is 0.333 e. The van der Waals surface area contributed by atoms with Crippen LogP contribution in [0, 0.1) is 0 Å². The van der Waals surface area contributed by atoms with Crippen molar-refractivity contribution in [2.45, 2.75) is 33.3 Å². The molecule has 80 valence electrons. The van der Waals surface area contributed by atoms with Crippen molar-refractivity contribution in [2.75, 3.05) is 6.61 Å². The number of allylic oxidation sites excluding steroid dienone is 2. The van der Waals surface area contributed by atoms with Gasteiger partial charge in [0.05, 0.1) is 12.7 Å². The van der Waals surface area contributed by atoms with Crippen LogP contribution < -0.4 is 0 Å². The molecule has 0 fully saturated rings. The van der Waals surface area contributed by atoms with Crippen LogP contribution in [0.3, 0.4) is 0 Å². The predicted octanol–water partition coefficient (Wildman–Crippen LogP) is 1.82. The number of hydrogen-bond acceptors (Lipinski definition) is 3. The summed E-state index contributed by atoms with van der Waals surface area (Å²) in [5, 5.41) is 8.95. The molecule has 0 aromatic carbocycles. The molecule has 0 saturated heterocycles. The highest BCUT2D eigenvalue weighted by molar-refractivity contribution is 5.88. The molecular weight excluding hydrogens is 180 g/mol. The summed E-state index contributed by atoms with van der Waals surface area (Å²) in [6.45, 7) is 5.58. The molecule has 0 saturated carbocycles. The van der Waals surface area contributed by atoms with Crippen molar-refractivity contribution in [3.63, 3.8) is 0 Å². The van der Waals surface area contributed by atoms with E-state index in [0.29, 0.717) is 18.6 Å². The van der Waals surface area contributed by atoms with E-state index in [0.717, 1.165) is 0 Å². The van der Waals surface area contributed by atoms with Crippen LogP contribution >= 0.6 is 0 Å². The van der Waals surface area contributed by atoms with E-state index in [-0.39, 0.29) is 12.1 Å². The number of esters is 1. The van der Waals surface area contributed by atoms with Crippen LogP contribution in [0.1, 0.15) is 27.2 Å². The SMILES string of the molecule is CCOC(=O)C(C)=CC=CC[C@H](C)O. The van der Waals surface area contributed by atoms with E-state index in [2.05, 4.69) is 0 Å². The molecule has 0 aliphatic heterocycles. The second-order valence-electron chi connectivity index (χ2n) is 3.08. The van der Waals surface area contributed by atoms with E-state index in [1.165, 1.54) is 0 Å². The van der Waals surface area contributed by atoms with Gasteiger partial charge in [-0.3, -0.25) is 0 Å². The minimum atomic E-state index is -0.345. The third kappa shape index (κ3) is 6.43. The molecule has 0 bridgehead atoms. The fourth-order valence-electron chi connectivity index (χ4n) is 0.801. The molecule has 0 radical (unpaired) electrons. The van der Waals surface area contributed by atoms with Crippen LogP contribution in [0.5, 0.6) is 0 Å². The highest BCUT2D eigenvalue weighted by Gasteiger charge is 2.01. The zero-order valence-electron chi connectivity index (χ0n) is 8.99. The van der Waals surface area contributed by atoms with Gasteiger partial charge < -0.3 is 9.84 Å². The van der Waals surface area contributed by atoms with Gasteiger partial charge in [-0.1, -0.05) is 18.2 Å². The molecule has 3 heteroatoms. The van der Waals surface area contributed by atoms with Crippen molar-refractivity contribution in [3.05, 3.63) is 23.8 Å². The summed E-state index contributed by atoms with van der Waals surface area (Å²) < 4.78 is 4.79. The molecule has 0 amide bonds. The number of aliphatic hydroxyl groups is 1. The molecule has 0 aliphatic carbocycles.